The Morgan fingerprint density at radius 3 is 2.41 bits per heavy atom. The lowest BCUT2D eigenvalue weighted by atomic mass is 10.00. The molecule has 0 saturated carbocycles. The predicted molar refractivity (Wildman–Crippen MR) is 115 cm³/mol. The zero-order chi connectivity index (χ0) is 20.5. The monoisotopic (exact) mass is 450 g/mol. The Labute approximate surface area is 174 Å². The molecule has 0 saturated heterocycles. The van der Waals surface area contributed by atoms with Crippen molar-refractivity contribution in [3.05, 3.63) is 87.9 Å². The summed E-state index contributed by atoms with van der Waals surface area (Å²) in [6.07, 6.45) is 0. The molecule has 29 heavy (non-hydrogen) atoms. The SMILES string of the molecule is O=C1Nc2ccc(Br)cc2/C1=C(/Nc1ccc(C(=O)O)cc1)c1cccc(O)c1. The zero-order valence-electron chi connectivity index (χ0n) is 14.9. The number of carboxylic acid groups (broad SMARTS) is 1. The summed E-state index contributed by atoms with van der Waals surface area (Å²) in [5.74, 6) is -1.22. The van der Waals surface area contributed by atoms with Crippen LogP contribution in [0.15, 0.2) is 71.2 Å². The standard InChI is InChI=1S/C22H15BrN2O4/c23-14-6-9-18-17(11-14)19(21(27)25-18)20(13-2-1-3-16(26)10-13)24-15-7-4-12(5-8-15)22(28)29/h1-11,24,26H,(H,25,27)(H,28,29)/b20-19-. The maximum atomic E-state index is 12.8. The van der Waals surface area contributed by atoms with Gasteiger partial charge in [0.25, 0.3) is 5.91 Å². The van der Waals surface area contributed by atoms with E-state index in [2.05, 4.69) is 26.6 Å². The van der Waals surface area contributed by atoms with Crippen LogP contribution in [0.2, 0.25) is 0 Å². The fourth-order valence-electron chi connectivity index (χ4n) is 3.17. The van der Waals surface area contributed by atoms with Gasteiger partial charge in [0.15, 0.2) is 0 Å². The fraction of sp³-hybridized carbons (Fsp3) is 0. The first-order valence-corrected chi connectivity index (χ1v) is 9.47. The third-order valence-electron chi connectivity index (χ3n) is 4.51. The minimum atomic E-state index is -1.02. The first-order chi connectivity index (χ1) is 13.9. The van der Waals surface area contributed by atoms with Gasteiger partial charge in [0.2, 0.25) is 0 Å². The molecule has 0 bridgehead atoms. The van der Waals surface area contributed by atoms with Crippen LogP contribution in [-0.2, 0) is 4.79 Å². The summed E-state index contributed by atoms with van der Waals surface area (Å²) in [5, 5.41) is 25.1. The van der Waals surface area contributed by atoms with Crippen molar-refractivity contribution < 1.29 is 19.8 Å². The Hall–Kier alpha value is -3.58. The molecule has 0 spiro atoms. The number of aromatic carboxylic acids is 1. The molecule has 3 aromatic rings. The summed E-state index contributed by atoms with van der Waals surface area (Å²) in [6, 6.07) is 18.3. The Bertz CT molecular complexity index is 1170. The number of carbonyl (C=O) groups is 2. The Kier molecular flexibility index (Phi) is 4.82. The summed E-state index contributed by atoms with van der Waals surface area (Å²) in [6.45, 7) is 0. The minimum Gasteiger partial charge on any atom is -0.508 e. The molecule has 0 aliphatic carbocycles. The van der Waals surface area contributed by atoms with Crippen LogP contribution in [0.3, 0.4) is 0 Å². The topological polar surface area (TPSA) is 98.7 Å². The number of rotatable bonds is 4. The van der Waals surface area contributed by atoms with E-state index in [-0.39, 0.29) is 17.2 Å². The van der Waals surface area contributed by atoms with Crippen LogP contribution in [-0.4, -0.2) is 22.1 Å². The van der Waals surface area contributed by atoms with Crippen LogP contribution < -0.4 is 10.6 Å². The number of carbonyl (C=O) groups excluding carboxylic acids is 1. The van der Waals surface area contributed by atoms with Gasteiger partial charge in [-0.15, -0.1) is 0 Å². The van der Waals surface area contributed by atoms with Gasteiger partial charge in [-0.2, -0.15) is 0 Å². The number of nitrogens with one attached hydrogen (secondary N) is 2. The molecule has 1 amide bonds. The Morgan fingerprint density at radius 1 is 0.966 bits per heavy atom. The first kappa shape index (κ1) is 18.8. The summed E-state index contributed by atoms with van der Waals surface area (Å²) in [4.78, 5) is 23.9. The van der Waals surface area contributed by atoms with Gasteiger partial charge in [0, 0.05) is 27.0 Å². The van der Waals surface area contributed by atoms with Crippen molar-refractivity contribution >= 4 is 50.5 Å². The van der Waals surface area contributed by atoms with Gasteiger partial charge in [-0.1, -0.05) is 28.1 Å². The van der Waals surface area contributed by atoms with E-state index in [1.807, 2.05) is 18.2 Å². The van der Waals surface area contributed by atoms with Crippen LogP contribution in [0.4, 0.5) is 11.4 Å². The number of phenolic OH excluding ortho intramolecular Hbond substituents is 1. The number of phenols is 1. The molecule has 1 aliphatic heterocycles. The van der Waals surface area contributed by atoms with E-state index in [4.69, 9.17) is 5.11 Å². The van der Waals surface area contributed by atoms with Gasteiger partial charge < -0.3 is 20.8 Å². The number of hydrogen-bond acceptors (Lipinski definition) is 4. The number of halogens is 1. The molecule has 1 aliphatic rings. The molecule has 0 unspecified atom stereocenters. The van der Waals surface area contributed by atoms with E-state index in [1.54, 1.807) is 36.4 Å². The third kappa shape index (κ3) is 3.72. The molecular formula is C22H15BrN2O4. The zero-order valence-corrected chi connectivity index (χ0v) is 16.5. The molecule has 0 radical (unpaired) electrons. The number of anilines is 2. The highest BCUT2D eigenvalue weighted by atomic mass is 79.9. The lowest BCUT2D eigenvalue weighted by Gasteiger charge is -2.15. The Balaban J connectivity index is 1.88. The van der Waals surface area contributed by atoms with Crippen molar-refractivity contribution in [1.82, 2.24) is 0 Å². The van der Waals surface area contributed by atoms with Crippen molar-refractivity contribution in [3.8, 4) is 5.75 Å². The lowest BCUT2D eigenvalue weighted by Crippen LogP contribution is -2.10. The van der Waals surface area contributed by atoms with Gasteiger partial charge in [-0.05, 0) is 54.6 Å². The number of benzene rings is 3. The maximum Gasteiger partial charge on any atom is 0.335 e. The van der Waals surface area contributed by atoms with Crippen molar-refractivity contribution in [3.63, 3.8) is 0 Å². The van der Waals surface area contributed by atoms with Crippen molar-refractivity contribution in [2.24, 2.45) is 0 Å². The van der Waals surface area contributed by atoms with Crippen LogP contribution >= 0.6 is 15.9 Å². The Morgan fingerprint density at radius 2 is 1.72 bits per heavy atom. The van der Waals surface area contributed by atoms with E-state index >= 15 is 0 Å². The number of hydrogen-bond donors (Lipinski definition) is 4. The molecule has 3 aromatic carbocycles. The highest BCUT2D eigenvalue weighted by Gasteiger charge is 2.28. The minimum absolute atomic E-state index is 0.0662. The number of amides is 1. The number of fused-ring (bicyclic) bond motifs is 1. The van der Waals surface area contributed by atoms with Gasteiger partial charge in [0.1, 0.15) is 5.75 Å². The second-order valence-corrected chi connectivity index (χ2v) is 7.37. The second-order valence-electron chi connectivity index (χ2n) is 6.45. The van der Waals surface area contributed by atoms with Crippen LogP contribution in [0.1, 0.15) is 21.5 Å². The summed E-state index contributed by atoms with van der Waals surface area (Å²) < 4.78 is 0.825. The second kappa shape index (κ2) is 7.44. The van der Waals surface area contributed by atoms with E-state index in [0.717, 1.165) is 10.0 Å². The van der Waals surface area contributed by atoms with E-state index < -0.39 is 5.97 Å². The molecule has 6 nitrogen and oxygen atoms in total. The largest absolute Gasteiger partial charge is 0.508 e. The molecule has 0 fully saturated rings. The average Bonchev–Trinajstić information content (AvgIpc) is 3.01. The highest BCUT2D eigenvalue weighted by molar-refractivity contribution is 9.10. The van der Waals surface area contributed by atoms with Crippen LogP contribution in [0, 0.1) is 0 Å². The lowest BCUT2D eigenvalue weighted by molar-refractivity contribution is -0.110. The molecule has 144 valence electrons. The van der Waals surface area contributed by atoms with Crippen LogP contribution in [0.25, 0.3) is 11.3 Å². The number of aromatic hydroxyl groups is 1. The van der Waals surface area contributed by atoms with E-state index in [0.29, 0.717) is 28.2 Å². The summed E-state index contributed by atoms with van der Waals surface area (Å²) in [7, 11) is 0. The molecule has 0 aromatic heterocycles. The average molecular weight is 451 g/mol. The molecular weight excluding hydrogens is 436 g/mol. The number of carboxylic acids is 1. The van der Waals surface area contributed by atoms with E-state index in [9.17, 15) is 14.7 Å². The predicted octanol–water partition coefficient (Wildman–Crippen LogP) is 4.79. The molecule has 0 atom stereocenters. The van der Waals surface area contributed by atoms with Crippen LogP contribution in [0.5, 0.6) is 5.75 Å². The maximum absolute atomic E-state index is 12.8. The van der Waals surface area contributed by atoms with Crippen molar-refractivity contribution in [2.75, 3.05) is 10.6 Å². The fourth-order valence-corrected chi connectivity index (χ4v) is 3.53. The normalized spacial score (nSPS) is 14.2. The molecule has 1 heterocycles. The van der Waals surface area contributed by atoms with Gasteiger partial charge in [0.05, 0.1) is 16.8 Å². The quantitative estimate of drug-likeness (QED) is 0.428. The molecule has 4 N–H and O–H groups in total. The first-order valence-electron chi connectivity index (χ1n) is 8.68. The third-order valence-corrected chi connectivity index (χ3v) is 5.01. The molecule has 7 heteroatoms. The summed E-state index contributed by atoms with van der Waals surface area (Å²) >= 11 is 3.44. The van der Waals surface area contributed by atoms with Crippen molar-refractivity contribution in [2.45, 2.75) is 0 Å². The van der Waals surface area contributed by atoms with Gasteiger partial charge in [-0.25, -0.2) is 4.79 Å². The smallest absolute Gasteiger partial charge is 0.335 e. The highest BCUT2D eigenvalue weighted by Crippen LogP contribution is 2.39. The van der Waals surface area contributed by atoms with E-state index in [1.165, 1.54) is 12.1 Å². The van der Waals surface area contributed by atoms with Crippen molar-refractivity contribution in [1.29, 1.82) is 0 Å². The van der Waals surface area contributed by atoms with Gasteiger partial charge >= 0.3 is 5.97 Å². The molecule has 4 rings (SSSR count). The summed E-state index contributed by atoms with van der Waals surface area (Å²) in [5.41, 5.74) is 3.72. The van der Waals surface area contributed by atoms with Gasteiger partial charge in [-0.3, -0.25) is 4.79 Å².